The number of hydrogen-bond donors (Lipinski definition) is 0. The van der Waals surface area contributed by atoms with Gasteiger partial charge in [0.2, 0.25) is 0 Å². The molecule has 2 aliphatic heterocycles. The minimum Gasteiger partial charge on any atom is -0.491 e. The Balaban J connectivity index is 1.36. The number of piperazine rings is 1. The van der Waals surface area contributed by atoms with Gasteiger partial charge < -0.3 is 14.5 Å². The van der Waals surface area contributed by atoms with Crippen LogP contribution < -0.4 is 9.64 Å². The van der Waals surface area contributed by atoms with Crippen LogP contribution in [0.25, 0.3) is 6.08 Å². The summed E-state index contributed by atoms with van der Waals surface area (Å²) in [6, 6.07) is 14.0. The largest absolute Gasteiger partial charge is 0.491 e. The minimum absolute atomic E-state index is 0.135. The molecule has 0 atom stereocenters. The topological polar surface area (TPSA) is 45.1 Å². The number of carbonyl (C=O) groups is 1. The fourth-order valence-electron chi connectivity index (χ4n) is 3.53. The van der Waals surface area contributed by atoms with Crippen LogP contribution in [-0.4, -0.2) is 48.3 Å². The molecule has 2 aromatic carbocycles. The van der Waals surface area contributed by atoms with Crippen molar-refractivity contribution in [3.63, 3.8) is 0 Å². The van der Waals surface area contributed by atoms with E-state index < -0.39 is 0 Å². The van der Waals surface area contributed by atoms with Gasteiger partial charge >= 0.3 is 0 Å². The first-order valence-corrected chi connectivity index (χ1v) is 11.6. The van der Waals surface area contributed by atoms with Crippen LogP contribution in [0, 0.1) is 6.92 Å². The van der Waals surface area contributed by atoms with Crippen molar-refractivity contribution in [2.45, 2.75) is 26.9 Å². The van der Waals surface area contributed by atoms with Crippen LogP contribution in [0.1, 0.15) is 25.0 Å². The number of nitrogens with zero attached hydrogens (tertiary/aromatic N) is 3. The summed E-state index contributed by atoms with van der Waals surface area (Å²) in [5.41, 5.74) is 3.18. The number of benzene rings is 2. The summed E-state index contributed by atoms with van der Waals surface area (Å²) in [4.78, 5) is 21.9. The molecule has 0 unspecified atom stereocenters. The first-order chi connectivity index (χ1) is 14.9. The Labute approximate surface area is 192 Å². The molecule has 1 amide bonds. The molecule has 0 spiro atoms. The molecule has 0 bridgehead atoms. The molecule has 1 fully saturated rings. The van der Waals surface area contributed by atoms with Crippen LogP contribution in [0.4, 0.5) is 5.69 Å². The van der Waals surface area contributed by atoms with E-state index >= 15 is 0 Å². The lowest BCUT2D eigenvalue weighted by atomic mass is 10.2. The van der Waals surface area contributed by atoms with Gasteiger partial charge in [-0.3, -0.25) is 4.79 Å². The molecule has 0 radical (unpaired) electrons. The maximum Gasteiger partial charge on any atom is 0.286 e. The lowest BCUT2D eigenvalue weighted by Gasteiger charge is -2.36. The first-order valence-electron chi connectivity index (χ1n) is 10.4. The van der Waals surface area contributed by atoms with E-state index in [9.17, 15) is 4.79 Å². The van der Waals surface area contributed by atoms with Gasteiger partial charge in [0.05, 0.1) is 11.0 Å². The summed E-state index contributed by atoms with van der Waals surface area (Å²) in [5.74, 6) is 0.655. The maximum absolute atomic E-state index is 12.4. The van der Waals surface area contributed by atoms with Crippen molar-refractivity contribution >= 4 is 46.2 Å². The van der Waals surface area contributed by atoms with Crippen molar-refractivity contribution in [2.24, 2.45) is 4.99 Å². The lowest BCUT2D eigenvalue weighted by Crippen LogP contribution is -2.47. The number of aryl methyl sites for hydroxylation is 1. The molecule has 162 valence electrons. The standard InChI is InChI=1S/C24H26ClN3O2S/c1-16(2)30-20-8-5-18(6-9-20)14-22-23(29)26-24(31-22)28-12-10-27(11-13-28)19-7-4-17(3)21(25)15-19/h4-9,14-16H,10-13H2,1-3H3/b22-14+. The summed E-state index contributed by atoms with van der Waals surface area (Å²) >= 11 is 7.74. The summed E-state index contributed by atoms with van der Waals surface area (Å²) in [5, 5.41) is 1.58. The quantitative estimate of drug-likeness (QED) is 0.591. The molecule has 0 aliphatic carbocycles. The SMILES string of the molecule is Cc1ccc(N2CCN(C3=NC(=O)/C(=C\c4ccc(OC(C)C)cc4)S3)CC2)cc1Cl. The van der Waals surface area contributed by atoms with E-state index in [2.05, 4.69) is 26.9 Å². The Morgan fingerprint density at radius 1 is 1.06 bits per heavy atom. The van der Waals surface area contributed by atoms with Gasteiger partial charge in [0.25, 0.3) is 5.91 Å². The van der Waals surface area contributed by atoms with Gasteiger partial charge in [0.15, 0.2) is 5.17 Å². The van der Waals surface area contributed by atoms with Crippen molar-refractivity contribution < 1.29 is 9.53 Å². The number of amides is 1. The lowest BCUT2D eigenvalue weighted by molar-refractivity contribution is -0.113. The molecule has 31 heavy (non-hydrogen) atoms. The number of carbonyl (C=O) groups excluding carboxylic acids is 1. The third kappa shape index (κ3) is 5.25. The Morgan fingerprint density at radius 2 is 1.74 bits per heavy atom. The smallest absolute Gasteiger partial charge is 0.286 e. The van der Waals surface area contributed by atoms with E-state index in [1.54, 1.807) is 0 Å². The van der Waals surface area contributed by atoms with Crippen LogP contribution in [-0.2, 0) is 4.79 Å². The van der Waals surface area contributed by atoms with Crippen LogP contribution in [0.2, 0.25) is 5.02 Å². The number of rotatable bonds is 4. The highest BCUT2D eigenvalue weighted by molar-refractivity contribution is 8.18. The van der Waals surface area contributed by atoms with Gasteiger partial charge in [-0.25, -0.2) is 0 Å². The van der Waals surface area contributed by atoms with E-state index in [0.29, 0.717) is 4.91 Å². The third-order valence-corrected chi connectivity index (χ3v) is 6.68. The number of aliphatic imine (C=N–C) groups is 1. The molecule has 4 rings (SSSR count). The predicted molar refractivity (Wildman–Crippen MR) is 130 cm³/mol. The maximum atomic E-state index is 12.4. The molecule has 0 N–H and O–H groups in total. The number of anilines is 1. The van der Waals surface area contributed by atoms with Crippen molar-refractivity contribution in [2.75, 3.05) is 31.1 Å². The zero-order valence-electron chi connectivity index (χ0n) is 18.0. The normalized spacial score (nSPS) is 18.2. The highest BCUT2D eigenvalue weighted by Crippen LogP contribution is 2.32. The number of ether oxygens (including phenoxy) is 1. The monoisotopic (exact) mass is 455 g/mol. The molecular weight excluding hydrogens is 430 g/mol. The van der Waals surface area contributed by atoms with Gasteiger partial charge in [-0.15, -0.1) is 0 Å². The Kier molecular flexibility index (Phi) is 6.58. The summed E-state index contributed by atoms with van der Waals surface area (Å²) in [7, 11) is 0. The number of thioether (sulfide) groups is 1. The van der Waals surface area contributed by atoms with Gasteiger partial charge in [-0.1, -0.05) is 29.8 Å². The van der Waals surface area contributed by atoms with Crippen LogP contribution in [0.5, 0.6) is 5.75 Å². The van der Waals surface area contributed by atoms with E-state index in [-0.39, 0.29) is 12.0 Å². The van der Waals surface area contributed by atoms with Gasteiger partial charge in [-0.2, -0.15) is 4.99 Å². The molecule has 0 aromatic heterocycles. The molecule has 5 nitrogen and oxygen atoms in total. The Bertz CT molecular complexity index is 1030. The number of halogens is 1. The highest BCUT2D eigenvalue weighted by Gasteiger charge is 2.28. The second kappa shape index (κ2) is 9.37. The molecule has 1 saturated heterocycles. The van der Waals surface area contributed by atoms with E-state index in [0.717, 1.165) is 58.9 Å². The molecule has 2 aromatic rings. The summed E-state index contributed by atoms with van der Waals surface area (Å²) in [6.45, 7) is 9.37. The fourth-order valence-corrected chi connectivity index (χ4v) is 4.67. The molecule has 0 saturated carbocycles. The molecular formula is C24H26ClN3O2S. The zero-order chi connectivity index (χ0) is 22.0. The van der Waals surface area contributed by atoms with Crippen molar-refractivity contribution in [3.05, 3.63) is 63.5 Å². The summed E-state index contributed by atoms with van der Waals surface area (Å²) < 4.78 is 5.68. The van der Waals surface area contributed by atoms with Crippen LogP contribution >= 0.6 is 23.4 Å². The van der Waals surface area contributed by atoms with Crippen molar-refractivity contribution in [1.29, 1.82) is 0 Å². The Hall–Kier alpha value is -2.44. The molecule has 2 aliphatic rings. The highest BCUT2D eigenvalue weighted by atomic mass is 35.5. The number of hydrogen-bond acceptors (Lipinski definition) is 5. The average molecular weight is 456 g/mol. The van der Waals surface area contributed by atoms with Crippen molar-refractivity contribution in [3.8, 4) is 5.75 Å². The zero-order valence-corrected chi connectivity index (χ0v) is 19.5. The van der Waals surface area contributed by atoms with Gasteiger partial charge in [-0.05, 0) is 74.0 Å². The number of amidine groups is 1. The fraction of sp³-hybridized carbons (Fsp3) is 0.333. The van der Waals surface area contributed by atoms with E-state index in [1.165, 1.54) is 11.8 Å². The third-order valence-electron chi connectivity index (χ3n) is 5.23. The summed E-state index contributed by atoms with van der Waals surface area (Å²) in [6.07, 6.45) is 2.03. The molecule has 7 heteroatoms. The minimum atomic E-state index is -0.171. The van der Waals surface area contributed by atoms with Gasteiger partial charge in [0.1, 0.15) is 5.75 Å². The Morgan fingerprint density at radius 3 is 2.39 bits per heavy atom. The van der Waals surface area contributed by atoms with E-state index in [4.69, 9.17) is 16.3 Å². The van der Waals surface area contributed by atoms with Crippen LogP contribution in [0.3, 0.4) is 0 Å². The first kappa shape index (κ1) is 21.8. The van der Waals surface area contributed by atoms with Crippen molar-refractivity contribution in [1.82, 2.24) is 4.90 Å². The molecule has 2 heterocycles. The second-order valence-corrected chi connectivity index (χ2v) is 9.37. The van der Waals surface area contributed by atoms with E-state index in [1.807, 2.05) is 57.2 Å². The predicted octanol–water partition coefficient (Wildman–Crippen LogP) is 5.23. The average Bonchev–Trinajstić information content (AvgIpc) is 3.11. The van der Waals surface area contributed by atoms with Gasteiger partial charge in [0, 0.05) is 36.9 Å². The van der Waals surface area contributed by atoms with Crippen LogP contribution in [0.15, 0.2) is 52.4 Å². The second-order valence-electron chi connectivity index (χ2n) is 7.95.